The van der Waals surface area contributed by atoms with Gasteiger partial charge in [0.1, 0.15) is 5.75 Å². The van der Waals surface area contributed by atoms with Crippen LogP contribution in [0.25, 0.3) is 0 Å². The number of likely N-dealkylation sites (tertiary alicyclic amines) is 1. The summed E-state index contributed by atoms with van der Waals surface area (Å²) in [6, 6.07) is 3.91. The minimum absolute atomic E-state index is 0.0541. The van der Waals surface area contributed by atoms with Crippen LogP contribution in [-0.4, -0.2) is 38.8 Å². The lowest BCUT2D eigenvalue weighted by atomic mass is 9.89. The first-order valence-corrected chi connectivity index (χ1v) is 9.92. The number of hydrogen-bond donors (Lipinski definition) is 1. The highest BCUT2D eigenvalue weighted by molar-refractivity contribution is 5.97. The molecule has 1 saturated heterocycles. The van der Waals surface area contributed by atoms with Crippen molar-refractivity contribution in [3.05, 3.63) is 46.8 Å². The summed E-state index contributed by atoms with van der Waals surface area (Å²) in [6.07, 6.45) is 5.85. The van der Waals surface area contributed by atoms with Crippen molar-refractivity contribution in [1.29, 1.82) is 0 Å². The highest BCUT2D eigenvalue weighted by atomic mass is 16.3. The fourth-order valence-corrected chi connectivity index (χ4v) is 3.85. The van der Waals surface area contributed by atoms with E-state index in [1.807, 2.05) is 48.8 Å². The van der Waals surface area contributed by atoms with Crippen LogP contribution in [0.5, 0.6) is 5.75 Å². The van der Waals surface area contributed by atoms with E-state index in [1.165, 1.54) is 5.56 Å². The molecule has 5 heteroatoms. The van der Waals surface area contributed by atoms with E-state index in [0.717, 1.165) is 24.0 Å². The number of rotatable bonds is 4. The molecule has 1 amide bonds. The zero-order valence-electron chi connectivity index (χ0n) is 17.1. The number of amides is 1. The number of aromatic nitrogens is 2. The summed E-state index contributed by atoms with van der Waals surface area (Å²) < 4.78 is 1.83. The molecule has 0 atom stereocenters. The molecule has 1 aliphatic rings. The molecule has 0 spiro atoms. The number of hydrogen-bond acceptors (Lipinski definition) is 3. The van der Waals surface area contributed by atoms with Crippen LogP contribution in [-0.2, 0) is 7.05 Å². The first-order valence-electron chi connectivity index (χ1n) is 9.92. The fourth-order valence-electron chi connectivity index (χ4n) is 3.85. The van der Waals surface area contributed by atoms with E-state index in [-0.39, 0.29) is 17.6 Å². The molecule has 3 rings (SSSR count). The van der Waals surface area contributed by atoms with Crippen molar-refractivity contribution in [2.24, 2.45) is 7.05 Å². The quantitative estimate of drug-likeness (QED) is 0.869. The Kier molecular flexibility index (Phi) is 5.59. The van der Waals surface area contributed by atoms with Gasteiger partial charge in [-0.15, -0.1) is 0 Å². The summed E-state index contributed by atoms with van der Waals surface area (Å²) in [4.78, 5) is 15.1. The van der Waals surface area contributed by atoms with Crippen LogP contribution >= 0.6 is 0 Å². The van der Waals surface area contributed by atoms with E-state index < -0.39 is 0 Å². The lowest BCUT2D eigenvalue weighted by molar-refractivity contribution is 0.0709. The summed E-state index contributed by atoms with van der Waals surface area (Å²) in [5.74, 6) is 1.03. The molecule has 27 heavy (non-hydrogen) atoms. The first kappa shape index (κ1) is 19.5. The maximum atomic E-state index is 13.2. The van der Waals surface area contributed by atoms with Gasteiger partial charge in [0, 0.05) is 26.3 Å². The highest BCUT2D eigenvalue weighted by Gasteiger charge is 2.28. The van der Waals surface area contributed by atoms with E-state index in [1.54, 1.807) is 0 Å². The molecule has 0 radical (unpaired) electrons. The van der Waals surface area contributed by atoms with Gasteiger partial charge in [0.05, 0.1) is 11.8 Å². The zero-order chi connectivity index (χ0) is 19.7. The molecule has 146 valence electrons. The van der Waals surface area contributed by atoms with E-state index >= 15 is 0 Å². The van der Waals surface area contributed by atoms with Gasteiger partial charge in [0.15, 0.2) is 0 Å². The molecule has 0 unspecified atom stereocenters. The molecular formula is C22H31N3O2. The molecule has 1 fully saturated rings. The molecule has 1 aromatic carbocycles. The Hall–Kier alpha value is -2.30. The number of phenolic OH excluding ortho intramolecular Hbond substituents is 1. The average molecular weight is 370 g/mol. The Bertz CT molecular complexity index is 815. The minimum Gasteiger partial charge on any atom is -0.507 e. The van der Waals surface area contributed by atoms with E-state index in [4.69, 9.17) is 0 Å². The van der Waals surface area contributed by atoms with Gasteiger partial charge < -0.3 is 10.0 Å². The second kappa shape index (κ2) is 7.75. The number of nitrogens with zero attached hydrogens (tertiary/aromatic N) is 3. The van der Waals surface area contributed by atoms with Gasteiger partial charge in [-0.25, -0.2) is 0 Å². The van der Waals surface area contributed by atoms with Gasteiger partial charge >= 0.3 is 0 Å². The summed E-state index contributed by atoms with van der Waals surface area (Å²) in [6.45, 7) is 9.75. The Morgan fingerprint density at radius 3 is 2.33 bits per heavy atom. The van der Waals surface area contributed by atoms with Gasteiger partial charge in [-0.1, -0.05) is 33.8 Å². The smallest absolute Gasteiger partial charge is 0.257 e. The normalized spacial score (nSPS) is 15.7. The standard InChI is InChI=1S/C22H31N3O2/c1-14(2)17-10-19(15(3)4)21(26)20(11-17)22(27)25-8-6-16(7-9-25)18-12-23-24(5)13-18/h10-16,26H,6-9H2,1-5H3. The van der Waals surface area contributed by atoms with Crippen LogP contribution in [0, 0.1) is 0 Å². The number of piperidine rings is 1. The van der Waals surface area contributed by atoms with Gasteiger partial charge in [-0.2, -0.15) is 5.10 Å². The summed E-state index contributed by atoms with van der Waals surface area (Å²) >= 11 is 0. The number of phenols is 1. The molecule has 5 nitrogen and oxygen atoms in total. The molecule has 1 aromatic heterocycles. The highest BCUT2D eigenvalue weighted by Crippen LogP contribution is 2.35. The van der Waals surface area contributed by atoms with Gasteiger partial charge in [-0.05, 0) is 53.4 Å². The molecule has 1 N–H and O–H groups in total. The summed E-state index contributed by atoms with van der Waals surface area (Å²) in [5, 5.41) is 15.0. The second-order valence-corrected chi connectivity index (χ2v) is 8.33. The predicted molar refractivity (Wildman–Crippen MR) is 107 cm³/mol. The van der Waals surface area contributed by atoms with Gasteiger partial charge in [-0.3, -0.25) is 9.48 Å². The van der Waals surface area contributed by atoms with Crippen LogP contribution in [0.2, 0.25) is 0 Å². The molecule has 2 heterocycles. The summed E-state index contributed by atoms with van der Waals surface area (Å²) in [5.41, 5.74) is 3.65. The largest absolute Gasteiger partial charge is 0.507 e. The van der Waals surface area contributed by atoms with Crippen LogP contribution in [0.4, 0.5) is 0 Å². The number of carbonyl (C=O) groups excluding carboxylic acids is 1. The van der Waals surface area contributed by atoms with Crippen molar-refractivity contribution >= 4 is 5.91 Å². The Balaban J connectivity index is 1.80. The summed E-state index contributed by atoms with van der Waals surface area (Å²) in [7, 11) is 1.93. The Labute approximate surface area is 162 Å². The number of aryl methyl sites for hydroxylation is 1. The molecule has 2 aromatic rings. The lowest BCUT2D eigenvalue weighted by Gasteiger charge is -2.32. The van der Waals surface area contributed by atoms with Gasteiger partial charge in [0.2, 0.25) is 0 Å². The third-order valence-electron chi connectivity index (χ3n) is 5.66. The van der Waals surface area contributed by atoms with Crippen molar-refractivity contribution < 1.29 is 9.90 Å². The molecular weight excluding hydrogens is 338 g/mol. The average Bonchev–Trinajstić information content (AvgIpc) is 3.07. The monoisotopic (exact) mass is 369 g/mol. The van der Waals surface area contributed by atoms with Crippen molar-refractivity contribution in [1.82, 2.24) is 14.7 Å². The first-order chi connectivity index (χ1) is 12.8. The van der Waals surface area contributed by atoms with Crippen molar-refractivity contribution in [2.75, 3.05) is 13.1 Å². The third-order valence-corrected chi connectivity index (χ3v) is 5.66. The molecule has 0 bridgehead atoms. The van der Waals surface area contributed by atoms with Gasteiger partial charge in [0.25, 0.3) is 5.91 Å². The number of carbonyl (C=O) groups is 1. The Morgan fingerprint density at radius 1 is 1.15 bits per heavy atom. The Morgan fingerprint density at radius 2 is 1.81 bits per heavy atom. The van der Waals surface area contributed by atoms with E-state index in [0.29, 0.717) is 30.5 Å². The van der Waals surface area contributed by atoms with Crippen LogP contribution in [0.15, 0.2) is 24.5 Å². The van der Waals surface area contributed by atoms with Crippen molar-refractivity contribution in [3.63, 3.8) is 0 Å². The molecule has 1 aliphatic heterocycles. The topological polar surface area (TPSA) is 58.4 Å². The van der Waals surface area contributed by atoms with E-state index in [2.05, 4.69) is 25.1 Å². The predicted octanol–water partition coefficient (Wildman–Crippen LogP) is 4.39. The third kappa shape index (κ3) is 4.02. The van der Waals surface area contributed by atoms with Crippen LogP contribution < -0.4 is 0 Å². The van der Waals surface area contributed by atoms with Crippen molar-refractivity contribution in [2.45, 2.75) is 58.3 Å². The van der Waals surface area contributed by atoms with E-state index in [9.17, 15) is 9.90 Å². The van der Waals surface area contributed by atoms with Crippen LogP contribution in [0.3, 0.4) is 0 Å². The lowest BCUT2D eigenvalue weighted by Crippen LogP contribution is -2.38. The maximum Gasteiger partial charge on any atom is 0.257 e. The van der Waals surface area contributed by atoms with Crippen molar-refractivity contribution in [3.8, 4) is 5.75 Å². The second-order valence-electron chi connectivity index (χ2n) is 8.33. The molecule has 0 saturated carbocycles. The number of benzene rings is 1. The molecule has 0 aliphatic carbocycles. The maximum absolute atomic E-state index is 13.2. The number of aromatic hydroxyl groups is 1. The zero-order valence-corrected chi connectivity index (χ0v) is 17.1. The van der Waals surface area contributed by atoms with Crippen LogP contribution in [0.1, 0.15) is 85.3 Å². The minimum atomic E-state index is -0.0541. The fraction of sp³-hybridized carbons (Fsp3) is 0.545. The SMILES string of the molecule is CC(C)c1cc(C(=O)N2CCC(c3cnn(C)c3)CC2)c(O)c(C(C)C)c1.